The monoisotopic (exact) mass is 201 g/mol. The van der Waals surface area contributed by atoms with Crippen LogP contribution in [-0.2, 0) is 4.79 Å². The Balaban J connectivity index is 4.15. The van der Waals surface area contributed by atoms with Gasteiger partial charge in [0.25, 0.3) is 0 Å². The zero-order valence-corrected chi connectivity index (χ0v) is 9.71. The third-order valence-electron chi connectivity index (χ3n) is 2.10. The van der Waals surface area contributed by atoms with E-state index in [2.05, 4.69) is 5.32 Å². The normalized spacial score (nSPS) is 13.6. The number of hydrogen-bond donors (Lipinski definition) is 2. The van der Waals surface area contributed by atoms with Crippen molar-refractivity contribution >= 4 is 5.78 Å². The number of Topliss-reactive ketones (excluding diaryl/α,β-unsaturated/α-hetero) is 1. The molecule has 0 spiro atoms. The zero-order valence-electron chi connectivity index (χ0n) is 9.71. The predicted molar refractivity (Wildman–Crippen MR) is 58.2 cm³/mol. The summed E-state index contributed by atoms with van der Waals surface area (Å²) in [6.45, 7) is 8.04. The zero-order chi connectivity index (χ0) is 11.1. The smallest absolute Gasteiger partial charge is 0.152 e. The van der Waals surface area contributed by atoms with E-state index >= 15 is 0 Å². The molecule has 0 fully saturated rings. The van der Waals surface area contributed by atoms with Gasteiger partial charge in [0.15, 0.2) is 5.78 Å². The standard InChI is InChI=1S/C11H23NO2/c1-8(2)11(14)10(6-5-7-13)12-9(3)4/h8-10,12-13H,5-7H2,1-4H3/t10-/m0/s1. The SMILES string of the molecule is CC(C)N[C@@H](CCCO)C(=O)C(C)C. The van der Waals surface area contributed by atoms with Gasteiger partial charge in [-0.3, -0.25) is 4.79 Å². The minimum absolute atomic E-state index is 0.0601. The Labute approximate surface area is 86.9 Å². The van der Waals surface area contributed by atoms with Gasteiger partial charge in [0, 0.05) is 18.6 Å². The summed E-state index contributed by atoms with van der Waals surface area (Å²) in [5.41, 5.74) is 0. The molecule has 0 aliphatic rings. The van der Waals surface area contributed by atoms with Gasteiger partial charge in [0.1, 0.15) is 0 Å². The first kappa shape index (κ1) is 13.6. The van der Waals surface area contributed by atoms with E-state index < -0.39 is 0 Å². The van der Waals surface area contributed by atoms with Crippen molar-refractivity contribution < 1.29 is 9.90 Å². The van der Waals surface area contributed by atoms with Gasteiger partial charge in [-0.05, 0) is 12.8 Å². The molecule has 0 rings (SSSR count). The number of aliphatic hydroxyl groups excluding tert-OH is 1. The number of rotatable bonds is 7. The molecule has 3 heteroatoms. The second-order valence-corrected chi connectivity index (χ2v) is 4.30. The third-order valence-corrected chi connectivity index (χ3v) is 2.10. The minimum atomic E-state index is -0.0952. The lowest BCUT2D eigenvalue weighted by Gasteiger charge is -2.21. The molecule has 0 heterocycles. The Morgan fingerprint density at radius 3 is 2.21 bits per heavy atom. The summed E-state index contributed by atoms with van der Waals surface area (Å²) >= 11 is 0. The summed E-state index contributed by atoms with van der Waals surface area (Å²) in [5, 5.41) is 12.0. The number of carbonyl (C=O) groups excluding carboxylic acids is 1. The fourth-order valence-corrected chi connectivity index (χ4v) is 1.41. The average molecular weight is 201 g/mol. The van der Waals surface area contributed by atoms with Crippen LogP contribution in [0.5, 0.6) is 0 Å². The Morgan fingerprint density at radius 2 is 1.86 bits per heavy atom. The highest BCUT2D eigenvalue weighted by molar-refractivity contribution is 5.85. The molecule has 0 aliphatic carbocycles. The highest BCUT2D eigenvalue weighted by atomic mass is 16.3. The van der Waals surface area contributed by atoms with E-state index in [4.69, 9.17) is 5.11 Å². The van der Waals surface area contributed by atoms with Crippen LogP contribution < -0.4 is 5.32 Å². The van der Waals surface area contributed by atoms with Crippen molar-refractivity contribution in [2.24, 2.45) is 5.92 Å². The minimum Gasteiger partial charge on any atom is -0.396 e. The molecule has 0 radical (unpaired) electrons. The van der Waals surface area contributed by atoms with E-state index in [0.717, 1.165) is 6.42 Å². The van der Waals surface area contributed by atoms with Crippen LogP contribution in [0, 0.1) is 5.92 Å². The van der Waals surface area contributed by atoms with Crippen molar-refractivity contribution in [3.63, 3.8) is 0 Å². The van der Waals surface area contributed by atoms with Gasteiger partial charge in [-0.1, -0.05) is 27.7 Å². The van der Waals surface area contributed by atoms with E-state index in [1.807, 2.05) is 27.7 Å². The topological polar surface area (TPSA) is 49.3 Å². The fraction of sp³-hybridized carbons (Fsp3) is 0.909. The van der Waals surface area contributed by atoms with Crippen molar-refractivity contribution in [1.82, 2.24) is 5.32 Å². The lowest BCUT2D eigenvalue weighted by molar-refractivity contribution is -0.124. The lowest BCUT2D eigenvalue weighted by Crippen LogP contribution is -2.42. The molecule has 2 N–H and O–H groups in total. The molecule has 0 bridgehead atoms. The number of nitrogens with one attached hydrogen (secondary N) is 1. The van der Waals surface area contributed by atoms with Crippen LogP contribution in [0.25, 0.3) is 0 Å². The van der Waals surface area contributed by atoms with Gasteiger partial charge in [-0.15, -0.1) is 0 Å². The van der Waals surface area contributed by atoms with Crippen molar-refractivity contribution in [3.05, 3.63) is 0 Å². The second kappa shape index (κ2) is 6.96. The van der Waals surface area contributed by atoms with Crippen LogP contribution in [0.15, 0.2) is 0 Å². The molecule has 0 aromatic heterocycles. The summed E-state index contributed by atoms with van der Waals surface area (Å²) < 4.78 is 0. The van der Waals surface area contributed by atoms with E-state index in [-0.39, 0.29) is 24.3 Å². The maximum Gasteiger partial charge on any atom is 0.152 e. The first-order chi connectivity index (χ1) is 6.49. The van der Waals surface area contributed by atoms with Crippen LogP contribution in [0.1, 0.15) is 40.5 Å². The molecule has 3 nitrogen and oxygen atoms in total. The highest BCUT2D eigenvalue weighted by Crippen LogP contribution is 2.06. The Hall–Kier alpha value is -0.410. The molecule has 0 aromatic carbocycles. The summed E-state index contributed by atoms with van der Waals surface area (Å²) in [6, 6.07) is 0.212. The number of aliphatic hydroxyl groups is 1. The molecule has 0 aliphatic heterocycles. The van der Waals surface area contributed by atoms with E-state index in [9.17, 15) is 4.79 Å². The van der Waals surface area contributed by atoms with Gasteiger partial charge in [-0.2, -0.15) is 0 Å². The maximum absolute atomic E-state index is 11.7. The summed E-state index contributed by atoms with van der Waals surface area (Å²) in [4.78, 5) is 11.7. The van der Waals surface area contributed by atoms with Crippen LogP contribution in [0.2, 0.25) is 0 Å². The number of hydrogen-bond acceptors (Lipinski definition) is 3. The summed E-state index contributed by atoms with van der Waals surface area (Å²) in [5.74, 6) is 0.303. The van der Waals surface area contributed by atoms with Crippen molar-refractivity contribution in [2.45, 2.75) is 52.6 Å². The molecule has 84 valence electrons. The summed E-state index contributed by atoms with van der Waals surface area (Å²) in [7, 11) is 0. The van der Waals surface area contributed by atoms with E-state index in [1.165, 1.54) is 0 Å². The number of ketones is 1. The van der Waals surface area contributed by atoms with Crippen LogP contribution >= 0.6 is 0 Å². The first-order valence-corrected chi connectivity index (χ1v) is 5.39. The van der Waals surface area contributed by atoms with Gasteiger partial charge >= 0.3 is 0 Å². The van der Waals surface area contributed by atoms with Gasteiger partial charge in [0.2, 0.25) is 0 Å². The quantitative estimate of drug-likeness (QED) is 0.653. The van der Waals surface area contributed by atoms with Crippen LogP contribution in [0.3, 0.4) is 0 Å². The molecule has 0 saturated heterocycles. The Morgan fingerprint density at radius 1 is 1.29 bits per heavy atom. The molecule has 1 atom stereocenters. The van der Waals surface area contributed by atoms with Gasteiger partial charge in [-0.25, -0.2) is 0 Å². The predicted octanol–water partition coefficient (Wildman–Crippen LogP) is 1.35. The fourth-order valence-electron chi connectivity index (χ4n) is 1.41. The molecule has 0 amide bonds. The van der Waals surface area contributed by atoms with Gasteiger partial charge < -0.3 is 10.4 Å². The molecular weight excluding hydrogens is 178 g/mol. The second-order valence-electron chi connectivity index (χ2n) is 4.30. The molecular formula is C11H23NO2. The Kier molecular flexibility index (Phi) is 6.75. The summed E-state index contributed by atoms with van der Waals surface area (Å²) in [6.07, 6.45) is 1.41. The largest absolute Gasteiger partial charge is 0.396 e. The van der Waals surface area contributed by atoms with Crippen molar-refractivity contribution in [2.75, 3.05) is 6.61 Å². The molecule has 0 saturated carbocycles. The lowest BCUT2D eigenvalue weighted by atomic mass is 9.97. The van der Waals surface area contributed by atoms with Crippen molar-refractivity contribution in [3.8, 4) is 0 Å². The van der Waals surface area contributed by atoms with Crippen molar-refractivity contribution in [1.29, 1.82) is 0 Å². The van der Waals surface area contributed by atoms with Crippen LogP contribution in [-0.4, -0.2) is 29.6 Å². The third kappa shape index (κ3) is 5.35. The van der Waals surface area contributed by atoms with Gasteiger partial charge in [0.05, 0.1) is 6.04 Å². The first-order valence-electron chi connectivity index (χ1n) is 5.39. The average Bonchev–Trinajstić information content (AvgIpc) is 2.10. The molecule has 14 heavy (non-hydrogen) atoms. The van der Waals surface area contributed by atoms with E-state index in [1.54, 1.807) is 0 Å². The molecule has 0 unspecified atom stereocenters. The van der Waals surface area contributed by atoms with E-state index in [0.29, 0.717) is 12.5 Å². The Bertz CT molecular complexity index is 167. The molecule has 0 aromatic rings. The van der Waals surface area contributed by atoms with Crippen LogP contribution in [0.4, 0.5) is 0 Å². The number of carbonyl (C=O) groups is 1. The maximum atomic E-state index is 11.7. The highest BCUT2D eigenvalue weighted by Gasteiger charge is 2.20.